The molecule has 4 nitrogen and oxygen atoms in total. The van der Waals surface area contributed by atoms with Gasteiger partial charge in [-0.15, -0.1) is 0 Å². The number of hydrogen-bond acceptors (Lipinski definition) is 3. The van der Waals surface area contributed by atoms with Gasteiger partial charge >= 0.3 is 0 Å². The van der Waals surface area contributed by atoms with Crippen LogP contribution in [0.2, 0.25) is 0 Å². The lowest BCUT2D eigenvalue weighted by Gasteiger charge is -2.05. The quantitative estimate of drug-likeness (QED) is 0.733. The molecule has 3 rings (SSSR count). The Morgan fingerprint density at radius 3 is 2.78 bits per heavy atom. The first-order chi connectivity index (χ1) is 8.93. The number of H-pyrrole nitrogens is 1. The summed E-state index contributed by atoms with van der Waals surface area (Å²) in [6.07, 6.45) is 3.47. The van der Waals surface area contributed by atoms with E-state index in [1.165, 1.54) is 11.1 Å². The van der Waals surface area contributed by atoms with E-state index in [4.69, 9.17) is 0 Å². The van der Waals surface area contributed by atoms with Crippen molar-refractivity contribution in [2.45, 2.75) is 13.1 Å². The van der Waals surface area contributed by atoms with E-state index >= 15 is 0 Å². The number of benzene rings is 1. The van der Waals surface area contributed by atoms with Crippen LogP contribution in [0.15, 0.2) is 48.9 Å². The van der Waals surface area contributed by atoms with Gasteiger partial charge < -0.3 is 10.3 Å². The number of imidazole rings is 1. The lowest BCUT2D eigenvalue weighted by Crippen LogP contribution is -2.12. The number of aromatic amines is 1. The molecular formula is C14H14N4. The van der Waals surface area contributed by atoms with Crippen LogP contribution >= 0.6 is 0 Å². The number of pyridine rings is 1. The van der Waals surface area contributed by atoms with Gasteiger partial charge in [0, 0.05) is 19.3 Å². The highest BCUT2D eigenvalue weighted by atomic mass is 15.0. The molecule has 0 spiro atoms. The van der Waals surface area contributed by atoms with Gasteiger partial charge in [-0.1, -0.05) is 30.3 Å². The van der Waals surface area contributed by atoms with Crippen LogP contribution in [0.4, 0.5) is 0 Å². The molecular weight excluding hydrogens is 224 g/mol. The molecule has 2 aromatic heterocycles. The van der Waals surface area contributed by atoms with Crippen molar-refractivity contribution in [2.75, 3.05) is 0 Å². The molecule has 18 heavy (non-hydrogen) atoms. The maximum atomic E-state index is 4.20. The Morgan fingerprint density at radius 1 is 1.00 bits per heavy atom. The van der Waals surface area contributed by atoms with E-state index in [0.717, 1.165) is 24.3 Å². The Hall–Kier alpha value is -2.20. The second kappa shape index (κ2) is 4.98. The van der Waals surface area contributed by atoms with Crippen LogP contribution in [0, 0.1) is 0 Å². The molecule has 0 saturated carbocycles. The predicted molar refractivity (Wildman–Crippen MR) is 70.9 cm³/mol. The van der Waals surface area contributed by atoms with Gasteiger partial charge in [-0.2, -0.15) is 0 Å². The molecule has 0 fully saturated rings. The number of rotatable bonds is 4. The molecule has 0 amide bonds. The van der Waals surface area contributed by atoms with E-state index in [-0.39, 0.29) is 0 Å². The fraction of sp³-hybridized carbons (Fsp3) is 0.143. The van der Waals surface area contributed by atoms with Crippen molar-refractivity contribution in [3.05, 3.63) is 60.0 Å². The van der Waals surface area contributed by atoms with Crippen LogP contribution in [-0.4, -0.2) is 15.0 Å². The van der Waals surface area contributed by atoms with Crippen molar-refractivity contribution in [2.24, 2.45) is 0 Å². The highest BCUT2D eigenvalue weighted by Crippen LogP contribution is 2.11. The van der Waals surface area contributed by atoms with E-state index < -0.39 is 0 Å². The number of hydrogen-bond donors (Lipinski definition) is 2. The summed E-state index contributed by atoms with van der Waals surface area (Å²) in [4.78, 5) is 11.5. The van der Waals surface area contributed by atoms with Crippen LogP contribution in [0.5, 0.6) is 0 Å². The Kier molecular flexibility index (Phi) is 3.02. The molecule has 2 heterocycles. The summed E-state index contributed by atoms with van der Waals surface area (Å²) in [5, 5.41) is 3.42. The van der Waals surface area contributed by atoms with Gasteiger partial charge in [0.1, 0.15) is 0 Å². The number of nitrogens with zero attached hydrogens (tertiary/aromatic N) is 2. The van der Waals surface area contributed by atoms with E-state index in [1.54, 1.807) is 12.5 Å². The molecule has 0 aliphatic carbocycles. The zero-order valence-electron chi connectivity index (χ0n) is 9.93. The molecule has 0 unspecified atom stereocenters. The van der Waals surface area contributed by atoms with E-state index in [0.29, 0.717) is 0 Å². The van der Waals surface area contributed by atoms with Gasteiger partial charge in [-0.25, -0.2) is 9.97 Å². The largest absolute Gasteiger partial charge is 0.343 e. The average Bonchev–Trinajstić information content (AvgIpc) is 2.89. The van der Waals surface area contributed by atoms with Crippen molar-refractivity contribution in [1.29, 1.82) is 0 Å². The molecule has 0 aliphatic heterocycles. The third kappa shape index (κ3) is 2.24. The first-order valence-corrected chi connectivity index (χ1v) is 5.95. The van der Waals surface area contributed by atoms with Crippen LogP contribution < -0.4 is 5.32 Å². The minimum atomic E-state index is 0.772. The summed E-state index contributed by atoms with van der Waals surface area (Å²) in [5.74, 6) is 0. The fourth-order valence-electron chi connectivity index (χ4n) is 1.99. The molecule has 2 N–H and O–H groups in total. The lowest BCUT2D eigenvalue weighted by atomic mass is 10.2. The van der Waals surface area contributed by atoms with E-state index in [2.05, 4.69) is 44.5 Å². The van der Waals surface area contributed by atoms with E-state index in [1.807, 2.05) is 12.1 Å². The zero-order valence-corrected chi connectivity index (χ0v) is 9.93. The minimum absolute atomic E-state index is 0.772. The number of aromatic nitrogens is 3. The van der Waals surface area contributed by atoms with Crippen molar-refractivity contribution in [3.63, 3.8) is 0 Å². The van der Waals surface area contributed by atoms with Crippen molar-refractivity contribution in [1.82, 2.24) is 20.3 Å². The molecule has 4 heteroatoms. The minimum Gasteiger partial charge on any atom is -0.343 e. The maximum absolute atomic E-state index is 4.20. The Bertz CT molecular complexity index is 630. The standard InChI is InChI=1S/C14H14N4/c1-2-4-11(5-3-1)8-15-9-12-6-7-16-14-13(12)17-10-18-14/h1-7,10,15H,8-9H2,(H,16,17,18). The monoisotopic (exact) mass is 238 g/mol. The van der Waals surface area contributed by atoms with E-state index in [9.17, 15) is 0 Å². The average molecular weight is 238 g/mol. The summed E-state index contributed by atoms with van der Waals surface area (Å²) < 4.78 is 0. The summed E-state index contributed by atoms with van der Waals surface area (Å²) >= 11 is 0. The van der Waals surface area contributed by atoms with Crippen LogP contribution in [0.3, 0.4) is 0 Å². The normalized spacial score (nSPS) is 10.9. The molecule has 0 radical (unpaired) electrons. The highest BCUT2D eigenvalue weighted by molar-refractivity contribution is 5.73. The van der Waals surface area contributed by atoms with Gasteiger partial charge in [0.05, 0.1) is 11.8 Å². The molecule has 1 aromatic carbocycles. The van der Waals surface area contributed by atoms with Gasteiger partial charge in [-0.3, -0.25) is 0 Å². The highest BCUT2D eigenvalue weighted by Gasteiger charge is 2.03. The second-order valence-corrected chi connectivity index (χ2v) is 4.16. The fourth-order valence-corrected chi connectivity index (χ4v) is 1.99. The third-order valence-corrected chi connectivity index (χ3v) is 2.90. The summed E-state index contributed by atoms with van der Waals surface area (Å²) in [7, 11) is 0. The summed E-state index contributed by atoms with van der Waals surface area (Å²) in [5.41, 5.74) is 4.26. The number of nitrogens with one attached hydrogen (secondary N) is 2. The maximum Gasteiger partial charge on any atom is 0.177 e. The predicted octanol–water partition coefficient (Wildman–Crippen LogP) is 2.25. The van der Waals surface area contributed by atoms with Crippen LogP contribution in [0.25, 0.3) is 11.2 Å². The van der Waals surface area contributed by atoms with Crippen LogP contribution in [-0.2, 0) is 13.1 Å². The molecule has 0 aliphatic rings. The van der Waals surface area contributed by atoms with Crippen molar-refractivity contribution in [3.8, 4) is 0 Å². The molecule has 90 valence electrons. The van der Waals surface area contributed by atoms with Crippen molar-refractivity contribution < 1.29 is 0 Å². The second-order valence-electron chi connectivity index (χ2n) is 4.16. The molecule has 0 saturated heterocycles. The van der Waals surface area contributed by atoms with Crippen LogP contribution in [0.1, 0.15) is 11.1 Å². The molecule has 0 atom stereocenters. The number of fused-ring (bicyclic) bond motifs is 1. The smallest absolute Gasteiger partial charge is 0.177 e. The lowest BCUT2D eigenvalue weighted by molar-refractivity contribution is 0.695. The Labute approximate surface area is 105 Å². The Morgan fingerprint density at radius 2 is 1.89 bits per heavy atom. The van der Waals surface area contributed by atoms with Crippen molar-refractivity contribution >= 4 is 11.2 Å². The van der Waals surface area contributed by atoms with Gasteiger partial charge in [-0.05, 0) is 17.2 Å². The SMILES string of the molecule is c1ccc(CNCc2ccnc3nc[nH]c23)cc1. The Balaban J connectivity index is 1.68. The summed E-state index contributed by atoms with van der Waals surface area (Å²) in [6.45, 7) is 1.66. The third-order valence-electron chi connectivity index (χ3n) is 2.90. The molecule has 3 aromatic rings. The van der Waals surface area contributed by atoms with Gasteiger partial charge in [0.15, 0.2) is 5.65 Å². The topological polar surface area (TPSA) is 53.6 Å². The first kappa shape index (κ1) is 10.9. The molecule has 0 bridgehead atoms. The zero-order chi connectivity index (χ0) is 12.2. The van der Waals surface area contributed by atoms with Gasteiger partial charge in [0.2, 0.25) is 0 Å². The first-order valence-electron chi connectivity index (χ1n) is 5.95. The summed E-state index contributed by atoms with van der Waals surface area (Å²) in [6, 6.07) is 12.4. The van der Waals surface area contributed by atoms with Gasteiger partial charge in [0.25, 0.3) is 0 Å².